The predicted octanol–water partition coefficient (Wildman–Crippen LogP) is 2.81. The fourth-order valence-electron chi connectivity index (χ4n) is 2.60. The quantitative estimate of drug-likeness (QED) is 0.791. The van der Waals surface area contributed by atoms with Crippen LogP contribution in [0.4, 0.5) is 4.39 Å². The summed E-state index contributed by atoms with van der Waals surface area (Å²) < 4.78 is 19.0. The van der Waals surface area contributed by atoms with E-state index in [0.717, 1.165) is 12.8 Å². The highest BCUT2D eigenvalue weighted by Crippen LogP contribution is 2.50. The monoisotopic (exact) mass is 222 g/mol. The van der Waals surface area contributed by atoms with Gasteiger partial charge in [-0.3, -0.25) is 0 Å². The Morgan fingerprint density at radius 1 is 1.44 bits per heavy atom. The number of aliphatic hydroxyl groups is 1. The molecule has 0 bridgehead atoms. The molecule has 3 rings (SSSR count). The third-order valence-corrected chi connectivity index (χ3v) is 3.72. The van der Waals surface area contributed by atoms with Gasteiger partial charge >= 0.3 is 0 Å². The maximum absolute atomic E-state index is 13.1. The lowest BCUT2D eigenvalue weighted by Crippen LogP contribution is -2.40. The summed E-state index contributed by atoms with van der Waals surface area (Å²) in [6.45, 7) is 2.02. The van der Waals surface area contributed by atoms with Crippen LogP contribution >= 0.6 is 0 Å². The van der Waals surface area contributed by atoms with Gasteiger partial charge in [0.1, 0.15) is 17.2 Å². The van der Waals surface area contributed by atoms with E-state index in [-0.39, 0.29) is 11.4 Å². The van der Waals surface area contributed by atoms with Gasteiger partial charge in [-0.25, -0.2) is 4.39 Å². The predicted molar refractivity (Wildman–Crippen MR) is 57.7 cm³/mol. The van der Waals surface area contributed by atoms with Crippen molar-refractivity contribution in [3.63, 3.8) is 0 Å². The van der Waals surface area contributed by atoms with Crippen LogP contribution in [0.5, 0.6) is 5.75 Å². The molecular weight excluding hydrogens is 207 g/mol. The van der Waals surface area contributed by atoms with Gasteiger partial charge in [0, 0.05) is 18.1 Å². The Morgan fingerprint density at radius 2 is 2.19 bits per heavy atom. The summed E-state index contributed by atoms with van der Waals surface area (Å²) >= 11 is 0. The number of halogens is 1. The Bertz CT molecular complexity index is 428. The lowest BCUT2D eigenvalue weighted by molar-refractivity contribution is -0.0168. The molecule has 1 aromatic rings. The van der Waals surface area contributed by atoms with Gasteiger partial charge in [-0.2, -0.15) is 0 Å². The summed E-state index contributed by atoms with van der Waals surface area (Å²) in [5.41, 5.74) is 0.389. The average Bonchev–Trinajstić information content (AvgIpc) is 2.99. The van der Waals surface area contributed by atoms with E-state index < -0.39 is 6.10 Å². The molecule has 1 aliphatic heterocycles. The van der Waals surface area contributed by atoms with Crippen LogP contribution in [0.25, 0.3) is 0 Å². The highest BCUT2D eigenvalue weighted by atomic mass is 19.1. The standard InChI is InChI=1S/C13H15FO2/c1-13(8-2-3-8)7-11(15)10-5-4-9(14)6-12(10)16-13/h4-6,8,11,15H,2-3,7H2,1H3/t11-,13?/m1/s1. The molecule has 2 nitrogen and oxygen atoms in total. The highest BCUT2D eigenvalue weighted by Gasteiger charge is 2.47. The fourth-order valence-corrected chi connectivity index (χ4v) is 2.60. The van der Waals surface area contributed by atoms with Crippen molar-refractivity contribution < 1.29 is 14.2 Å². The lowest BCUT2D eigenvalue weighted by atomic mass is 9.86. The molecule has 0 saturated heterocycles. The summed E-state index contributed by atoms with van der Waals surface area (Å²) in [4.78, 5) is 0. The van der Waals surface area contributed by atoms with E-state index in [1.54, 1.807) is 6.07 Å². The summed E-state index contributed by atoms with van der Waals surface area (Å²) in [5.74, 6) is 0.706. The average molecular weight is 222 g/mol. The number of benzene rings is 1. The van der Waals surface area contributed by atoms with Crippen LogP contribution in [0.1, 0.15) is 37.9 Å². The van der Waals surface area contributed by atoms with Gasteiger partial charge in [0.15, 0.2) is 0 Å². The number of fused-ring (bicyclic) bond motifs is 1. The molecule has 2 atom stereocenters. The van der Waals surface area contributed by atoms with Crippen molar-refractivity contribution in [2.75, 3.05) is 0 Å². The van der Waals surface area contributed by atoms with Crippen LogP contribution in [0.15, 0.2) is 18.2 Å². The second-order valence-corrected chi connectivity index (χ2v) is 5.09. The molecule has 1 saturated carbocycles. The Kier molecular flexibility index (Phi) is 2.02. The zero-order valence-corrected chi connectivity index (χ0v) is 9.24. The molecule has 1 N–H and O–H groups in total. The van der Waals surface area contributed by atoms with Crippen LogP contribution < -0.4 is 4.74 Å². The second kappa shape index (κ2) is 3.20. The van der Waals surface area contributed by atoms with Gasteiger partial charge in [-0.15, -0.1) is 0 Å². The largest absolute Gasteiger partial charge is 0.487 e. The summed E-state index contributed by atoms with van der Waals surface area (Å²) in [5, 5.41) is 10.1. The smallest absolute Gasteiger partial charge is 0.128 e. The van der Waals surface area contributed by atoms with Crippen LogP contribution in [-0.4, -0.2) is 10.7 Å². The zero-order valence-electron chi connectivity index (χ0n) is 9.24. The SMILES string of the molecule is CC1(C2CC2)C[C@@H](O)c2ccc(F)cc2O1. The van der Waals surface area contributed by atoms with Crippen LogP contribution in [0.2, 0.25) is 0 Å². The Hall–Kier alpha value is -1.09. The molecule has 1 aromatic carbocycles. The van der Waals surface area contributed by atoms with Crippen LogP contribution in [0.3, 0.4) is 0 Å². The van der Waals surface area contributed by atoms with Crippen LogP contribution in [0, 0.1) is 11.7 Å². The number of hydrogen-bond acceptors (Lipinski definition) is 2. The minimum atomic E-state index is -0.532. The lowest BCUT2D eigenvalue weighted by Gasteiger charge is -2.38. The Morgan fingerprint density at radius 3 is 2.88 bits per heavy atom. The number of ether oxygens (including phenoxy) is 1. The molecule has 1 fully saturated rings. The van der Waals surface area contributed by atoms with Gasteiger partial charge in [-0.05, 0) is 37.8 Å². The van der Waals surface area contributed by atoms with Gasteiger partial charge in [-0.1, -0.05) is 0 Å². The zero-order chi connectivity index (χ0) is 11.3. The molecule has 1 heterocycles. The van der Waals surface area contributed by atoms with E-state index in [1.165, 1.54) is 12.1 Å². The van der Waals surface area contributed by atoms with E-state index in [1.807, 2.05) is 6.92 Å². The molecule has 3 heteroatoms. The van der Waals surface area contributed by atoms with Crippen LogP contribution in [-0.2, 0) is 0 Å². The van der Waals surface area contributed by atoms with E-state index >= 15 is 0 Å². The third kappa shape index (κ3) is 1.50. The van der Waals surface area contributed by atoms with Gasteiger partial charge < -0.3 is 9.84 Å². The summed E-state index contributed by atoms with van der Waals surface area (Å²) in [7, 11) is 0. The van der Waals surface area contributed by atoms with Crippen molar-refractivity contribution in [3.8, 4) is 5.75 Å². The van der Waals surface area contributed by atoms with Crippen molar-refractivity contribution in [3.05, 3.63) is 29.6 Å². The Labute approximate surface area is 94.0 Å². The molecule has 0 spiro atoms. The first-order valence-electron chi connectivity index (χ1n) is 5.75. The first-order valence-corrected chi connectivity index (χ1v) is 5.75. The van der Waals surface area contributed by atoms with Crippen molar-refractivity contribution >= 4 is 0 Å². The summed E-state index contributed by atoms with van der Waals surface area (Å²) in [6.07, 6.45) is 2.37. The highest BCUT2D eigenvalue weighted by molar-refractivity contribution is 5.38. The minimum absolute atomic E-state index is 0.314. The van der Waals surface area contributed by atoms with Crippen molar-refractivity contribution in [2.45, 2.75) is 37.9 Å². The fraction of sp³-hybridized carbons (Fsp3) is 0.538. The molecule has 0 aromatic heterocycles. The molecule has 0 amide bonds. The van der Waals surface area contributed by atoms with E-state index in [0.29, 0.717) is 23.7 Å². The van der Waals surface area contributed by atoms with E-state index in [9.17, 15) is 9.50 Å². The minimum Gasteiger partial charge on any atom is -0.487 e. The maximum atomic E-state index is 13.1. The maximum Gasteiger partial charge on any atom is 0.128 e. The van der Waals surface area contributed by atoms with Crippen molar-refractivity contribution in [1.29, 1.82) is 0 Å². The molecule has 16 heavy (non-hydrogen) atoms. The molecule has 1 unspecified atom stereocenters. The Balaban J connectivity index is 2.00. The molecule has 0 radical (unpaired) electrons. The topological polar surface area (TPSA) is 29.5 Å². The van der Waals surface area contributed by atoms with E-state index in [2.05, 4.69) is 0 Å². The van der Waals surface area contributed by atoms with Gasteiger partial charge in [0.2, 0.25) is 0 Å². The first-order chi connectivity index (χ1) is 7.58. The second-order valence-electron chi connectivity index (χ2n) is 5.09. The molecule has 2 aliphatic rings. The van der Waals surface area contributed by atoms with Gasteiger partial charge in [0.05, 0.1) is 6.10 Å². The first kappa shape index (κ1) is 10.1. The number of rotatable bonds is 1. The molecule has 1 aliphatic carbocycles. The normalized spacial score (nSPS) is 33.1. The summed E-state index contributed by atoms with van der Waals surface area (Å²) in [6, 6.07) is 4.35. The van der Waals surface area contributed by atoms with Gasteiger partial charge in [0.25, 0.3) is 0 Å². The van der Waals surface area contributed by atoms with Crippen molar-refractivity contribution in [1.82, 2.24) is 0 Å². The molecule has 86 valence electrons. The number of aliphatic hydroxyl groups excluding tert-OH is 1. The molecular formula is C13H15FO2. The third-order valence-electron chi connectivity index (χ3n) is 3.72. The van der Waals surface area contributed by atoms with E-state index in [4.69, 9.17) is 4.74 Å². The van der Waals surface area contributed by atoms with Crippen molar-refractivity contribution in [2.24, 2.45) is 5.92 Å². The number of hydrogen-bond donors (Lipinski definition) is 1.